The molecule has 5 nitrogen and oxygen atoms in total. The second-order valence-corrected chi connectivity index (χ2v) is 3.96. The van der Waals surface area contributed by atoms with E-state index in [9.17, 15) is 4.79 Å². The molecule has 0 saturated heterocycles. The van der Waals surface area contributed by atoms with E-state index in [-0.39, 0.29) is 5.91 Å². The maximum absolute atomic E-state index is 11.9. The third-order valence-corrected chi connectivity index (χ3v) is 2.58. The van der Waals surface area contributed by atoms with Gasteiger partial charge in [0.2, 0.25) is 0 Å². The van der Waals surface area contributed by atoms with Gasteiger partial charge in [0.1, 0.15) is 11.4 Å². The van der Waals surface area contributed by atoms with Crippen molar-refractivity contribution in [3.05, 3.63) is 41.0 Å². The highest BCUT2D eigenvalue weighted by Crippen LogP contribution is 2.16. The minimum atomic E-state index is -0.294. The van der Waals surface area contributed by atoms with Gasteiger partial charge in [-0.2, -0.15) is 5.10 Å². The second kappa shape index (κ2) is 4.47. The van der Waals surface area contributed by atoms with Gasteiger partial charge >= 0.3 is 0 Å². The molecular weight excluding hydrogens is 240 g/mol. The first-order chi connectivity index (χ1) is 8.08. The lowest BCUT2D eigenvalue weighted by Crippen LogP contribution is -2.13. The Morgan fingerprint density at radius 1 is 1.41 bits per heavy atom. The molecule has 0 aliphatic rings. The number of carbonyl (C=O) groups excluding carboxylic acids is 1. The van der Waals surface area contributed by atoms with Crippen LogP contribution >= 0.6 is 11.6 Å². The smallest absolute Gasteiger partial charge is 0.261 e. The van der Waals surface area contributed by atoms with Crippen molar-refractivity contribution >= 4 is 29.0 Å². The van der Waals surface area contributed by atoms with E-state index in [0.29, 0.717) is 22.1 Å². The summed E-state index contributed by atoms with van der Waals surface area (Å²) in [6.45, 7) is 0. The van der Waals surface area contributed by atoms with Crippen LogP contribution < -0.4 is 11.1 Å². The Morgan fingerprint density at radius 3 is 2.59 bits per heavy atom. The summed E-state index contributed by atoms with van der Waals surface area (Å²) >= 11 is 5.75. The largest absolute Gasteiger partial charge is 0.383 e. The van der Waals surface area contributed by atoms with Gasteiger partial charge in [-0.1, -0.05) is 11.6 Å². The predicted molar refractivity (Wildman–Crippen MR) is 67.0 cm³/mol. The molecule has 0 unspecified atom stereocenters. The fraction of sp³-hybridized carbons (Fsp3) is 0.0909. The topological polar surface area (TPSA) is 72.9 Å². The lowest BCUT2D eigenvalue weighted by atomic mass is 10.2. The van der Waals surface area contributed by atoms with Gasteiger partial charge in [0.25, 0.3) is 5.91 Å². The summed E-state index contributed by atoms with van der Waals surface area (Å²) in [7, 11) is 1.68. The quantitative estimate of drug-likeness (QED) is 0.855. The van der Waals surface area contributed by atoms with E-state index >= 15 is 0 Å². The van der Waals surface area contributed by atoms with Crippen molar-refractivity contribution in [3.63, 3.8) is 0 Å². The molecule has 1 aromatic carbocycles. The summed E-state index contributed by atoms with van der Waals surface area (Å²) in [5.41, 5.74) is 6.70. The molecule has 17 heavy (non-hydrogen) atoms. The Morgan fingerprint density at radius 2 is 2.06 bits per heavy atom. The lowest BCUT2D eigenvalue weighted by molar-refractivity contribution is 0.102. The van der Waals surface area contributed by atoms with Crippen LogP contribution in [0.3, 0.4) is 0 Å². The summed E-state index contributed by atoms with van der Waals surface area (Å²) in [5, 5.41) is 7.23. The summed E-state index contributed by atoms with van der Waals surface area (Å²) in [4.78, 5) is 11.9. The number of hydrogen-bond donors (Lipinski definition) is 2. The summed E-state index contributed by atoms with van der Waals surface area (Å²) < 4.78 is 1.44. The molecule has 1 heterocycles. The molecule has 0 atom stereocenters. The van der Waals surface area contributed by atoms with E-state index in [2.05, 4.69) is 10.4 Å². The van der Waals surface area contributed by atoms with Crippen LogP contribution in [0, 0.1) is 0 Å². The number of amides is 1. The Kier molecular flexibility index (Phi) is 3.01. The number of nitrogens with zero attached hydrogens (tertiary/aromatic N) is 2. The highest BCUT2D eigenvalue weighted by Gasteiger charge is 2.13. The number of nitrogens with one attached hydrogen (secondary N) is 1. The van der Waals surface area contributed by atoms with Crippen LogP contribution in [-0.4, -0.2) is 15.7 Å². The molecule has 1 amide bonds. The summed E-state index contributed by atoms with van der Waals surface area (Å²) in [5.74, 6) is 0.0365. The van der Waals surface area contributed by atoms with Crippen LogP contribution in [0.15, 0.2) is 30.5 Å². The van der Waals surface area contributed by atoms with Gasteiger partial charge in [-0.25, -0.2) is 0 Å². The van der Waals surface area contributed by atoms with Crippen LogP contribution in [-0.2, 0) is 7.05 Å². The van der Waals surface area contributed by atoms with E-state index in [1.165, 1.54) is 10.9 Å². The Balaban J connectivity index is 2.17. The highest BCUT2D eigenvalue weighted by atomic mass is 35.5. The van der Waals surface area contributed by atoms with E-state index in [1.54, 1.807) is 31.3 Å². The second-order valence-electron chi connectivity index (χ2n) is 3.53. The third kappa shape index (κ3) is 2.39. The molecule has 2 aromatic rings. The first kappa shape index (κ1) is 11.5. The zero-order valence-electron chi connectivity index (χ0n) is 9.14. The summed E-state index contributed by atoms with van der Waals surface area (Å²) in [6, 6.07) is 6.83. The van der Waals surface area contributed by atoms with Crippen LogP contribution in [0.25, 0.3) is 0 Å². The van der Waals surface area contributed by atoms with Gasteiger partial charge in [-0.3, -0.25) is 9.48 Å². The average Bonchev–Trinajstić information content (AvgIpc) is 2.63. The fourth-order valence-electron chi connectivity index (χ4n) is 1.35. The van der Waals surface area contributed by atoms with Crippen molar-refractivity contribution in [1.82, 2.24) is 9.78 Å². The number of carbonyl (C=O) groups is 1. The maximum Gasteiger partial charge on any atom is 0.261 e. The van der Waals surface area contributed by atoms with Gasteiger partial charge in [0, 0.05) is 17.8 Å². The molecule has 0 aliphatic heterocycles. The Labute approximate surface area is 103 Å². The SMILES string of the molecule is Cn1ncc(C(=O)Nc2ccc(Cl)cc2)c1N. The van der Waals surface area contributed by atoms with E-state index < -0.39 is 0 Å². The molecule has 2 rings (SSSR count). The number of anilines is 2. The van der Waals surface area contributed by atoms with Gasteiger partial charge in [0.15, 0.2) is 0 Å². The van der Waals surface area contributed by atoms with Crippen molar-refractivity contribution in [2.24, 2.45) is 7.05 Å². The number of halogens is 1. The molecular formula is C11H11ClN4O. The Hall–Kier alpha value is -2.01. The van der Waals surface area contributed by atoms with Crippen molar-refractivity contribution < 1.29 is 4.79 Å². The van der Waals surface area contributed by atoms with Crippen molar-refractivity contribution in [3.8, 4) is 0 Å². The number of hydrogen-bond acceptors (Lipinski definition) is 3. The zero-order valence-corrected chi connectivity index (χ0v) is 9.90. The predicted octanol–water partition coefficient (Wildman–Crippen LogP) is 1.91. The standard InChI is InChI=1S/C11H11ClN4O/c1-16-10(13)9(6-14-16)11(17)15-8-4-2-7(12)3-5-8/h2-6H,13H2,1H3,(H,15,17). The molecule has 0 bridgehead atoms. The number of benzene rings is 1. The number of nitrogens with two attached hydrogens (primary N) is 1. The normalized spacial score (nSPS) is 10.2. The molecule has 0 fully saturated rings. The van der Waals surface area contributed by atoms with Crippen molar-refractivity contribution in [1.29, 1.82) is 0 Å². The number of nitrogen functional groups attached to an aromatic ring is 1. The minimum absolute atomic E-state index is 0.294. The molecule has 0 radical (unpaired) electrons. The Bertz CT molecular complexity index is 547. The average molecular weight is 251 g/mol. The van der Waals surface area contributed by atoms with Crippen molar-refractivity contribution in [2.45, 2.75) is 0 Å². The van der Waals surface area contributed by atoms with Crippen LogP contribution in [0.1, 0.15) is 10.4 Å². The molecule has 0 aliphatic carbocycles. The molecule has 88 valence electrons. The highest BCUT2D eigenvalue weighted by molar-refractivity contribution is 6.30. The minimum Gasteiger partial charge on any atom is -0.383 e. The monoisotopic (exact) mass is 250 g/mol. The first-order valence-corrected chi connectivity index (χ1v) is 5.30. The molecule has 3 N–H and O–H groups in total. The van der Waals surface area contributed by atoms with Gasteiger partial charge in [-0.05, 0) is 24.3 Å². The number of aryl methyl sites for hydroxylation is 1. The molecule has 0 saturated carbocycles. The molecule has 1 aromatic heterocycles. The summed E-state index contributed by atoms with van der Waals surface area (Å²) in [6.07, 6.45) is 1.43. The van der Waals surface area contributed by atoms with Gasteiger partial charge in [-0.15, -0.1) is 0 Å². The van der Waals surface area contributed by atoms with Crippen molar-refractivity contribution in [2.75, 3.05) is 11.1 Å². The van der Waals surface area contributed by atoms with Crippen LogP contribution in [0.4, 0.5) is 11.5 Å². The zero-order chi connectivity index (χ0) is 12.4. The molecule has 0 spiro atoms. The first-order valence-electron chi connectivity index (χ1n) is 4.92. The van der Waals surface area contributed by atoms with Gasteiger partial charge < -0.3 is 11.1 Å². The van der Waals surface area contributed by atoms with E-state index in [1.807, 2.05) is 0 Å². The third-order valence-electron chi connectivity index (χ3n) is 2.33. The number of rotatable bonds is 2. The van der Waals surface area contributed by atoms with E-state index in [0.717, 1.165) is 0 Å². The molecule has 6 heteroatoms. The fourth-order valence-corrected chi connectivity index (χ4v) is 1.48. The van der Waals surface area contributed by atoms with Gasteiger partial charge in [0.05, 0.1) is 6.20 Å². The van der Waals surface area contributed by atoms with Crippen LogP contribution in [0.2, 0.25) is 5.02 Å². The van der Waals surface area contributed by atoms with E-state index in [4.69, 9.17) is 17.3 Å². The maximum atomic E-state index is 11.9. The van der Waals surface area contributed by atoms with Crippen LogP contribution in [0.5, 0.6) is 0 Å². The number of aromatic nitrogens is 2. The lowest BCUT2D eigenvalue weighted by Gasteiger charge is -2.04.